The summed E-state index contributed by atoms with van der Waals surface area (Å²) in [4.78, 5) is 16.0. The minimum Gasteiger partial charge on any atom is -0.358 e. The number of carbonyl (C=O) groups excluding carboxylic acids is 1. The van der Waals surface area contributed by atoms with Gasteiger partial charge in [-0.05, 0) is 24.3 Å². The molecule has 0 aliphatic heterocycles. The van der Waals surface area contributed by atoms with Crippen LogP contribution in [0.3, 0.4) is 0 Å². The van der Waals surface area contributed by atoms with Gasteiger partial charge in [-0.1, -0.05) is 23.7 Å². The number of aromatic nitrogens is 1. The molecule has 0 saturated carbocycles. The lowest BCUT2D eigenvalue weighted by molar-refractivity contribution is -0.112. The second kappa shape index (κ2) is 7.60. The van der Waals surface area contributed by atoms with Crippen LogP contribution >= 0.6 is 11.6 Å². The molecule has 2 aromatic rings. The third-order valence-electron chi connectivity index (χ3n) is 2.79. The van der Waals surface area contributed by atoms with E-state index < -0.39 is 5.91 Å². The van der Waals surface area contributed by atoms with E-state index in [1.165, 1.54) is 12.4 Å². The third-order valence-corrected chi connectivity index (χ3v) is 3.09. The van der Waals surface area contributed by atoms with E-state index >= 15 is 0 Å². The Hall–Kier alpha value is -3.35. The fraction of sp³-hybridized carbons (Fsp3) is 0. The van der Waals surface area contributed by atoms with Crippen molar-refractivity contribution in [2.45, 2.75) is 0 Å². The number of nitrogens with one attached hydrogen (secondary N) is 2. The summed E-state index contributed by atoms with van der Waals surface area (Å²) in [5.41, 5.74) is 0.937. The summed E-state index contributed by atoms with van der Waals surface area (Å²) in [7, 11) is 0. The monoisotopic (exact) mass is 323 g/mol. The molecule has 0 radical (unpaired) electrons. The molecule has 2 N–H and O–H groups in total. The SMILES string of the molecule is N#C/C(=C/Nc1cccnc1Cl)C(=O)Nc1ccccc1C#N. The molecule has 0 bridgehead atoms. The van der Waals surface area contributed by atoms with Gasteiger partial charge in [0, 0.05) is 12.4 Å². The van der Waals surface area contributed by atoms with Gasteiger partial charge in [-0.3, -0.25) is 4.79 Å². The fourth-order valence-corrected chi connectivity index (χ4v) is 1.85. The topological polar surface area (TPSA) is 102 Å². The molecule has 1 amide bonds. The molecule has 23 heavy (non-hydrogen) atoms. The van der Waals surface area contributed by atoms with E-state index in [0.29, 0.717) is 16.9 Å². The second-order valence-corrected chi connectivity index (χ2v) is 4.63. The van der Waals surface area contributed by atoms with E-state index in [2.05, 4.69) is 15.6 Å². The van der Waals surface area contributed by atoms with Crippen LogP contribution in [0.4, 0.5) is 11.4 Å². The van der Waals surface area contributed by atoms with Crippen molar-refractivity contribution in [1.82, 2.24) is 4.98 Å². The Balaban J connectivity index is 2.16. The lowest BCUT2D eigenvalue weighted by Crippen LogP contribution is -2.15. The lowest BCUT2D eigenvalue weighted by atomic mass is 10.2. The molecule has 0 unspecified atom stereocenters. The molecule has 1 aromatic heterocycles. The van der Waals surface area contributed by atoms with Crippen molar-refractivity contribution in [3.63, 3.8) is 0 Å². The Morgan fingerprint density at radius 1 is 1.17 bits per heavy atom. The molecule has 112 valence electrons. The highest BCUT2D eigenvalue weighted by molar-refractivity contribution is 6.32. The standard InChI is InChI=1S/C16H10ClN5O/c17-15-14(6-3-7-20-15)21-10-12(9-19)16(23)22-13-5-2-1-4-11(13)8-18/h1-7,10,21H,(H,22,23)/b12-10-. The predicted octanol–water partition coefficient (Wildman–Crippen LogP) is 3.06. The smallest absolute Gasteiger partial charge is 0.267 e. The van der Waals surface area contributed by atoms with Crippen LogP contribution in [-0.2, 0) is 4.79 Å². The van der Waals surface area contributed by atoms with E-state index in [1.807, 2.05) is 6.07 Å². The lowest BCUT2D eigenvalue weighted by Gasteiger charge is -2.07. The summed E-state index contributed by atoms with van der Waals surface area (Å²) in [6, 6.07) is 13.6. The normalized spacial score (nSPS) is 10.3. The van der Waals surface area contributed by atoms with Crippen molar-refractivity contribution in [2.24, 2.45) is 0 Å². The van der Waals surface area contributed by atoms with Gasteiger partial charge in [-0.25, -0.2) is 4.98 Å². The second-order valence-electron chi connectivity index (χ2n) is 4.27. The fourth-order valence-electron chi connectivity index (χ4n) is 1.67. The van der Waals surface area contributed by atoms with Crippen LogP contribution in [0.5, 0.6) is 0 Å². The quantitative estimate of drug-likeness (QED) is 0.511. The molecule has 0 fully saturated rings. The average molecular weight is 324 g/mol. The van der Waals surface area contributed by atoms with Gasteiger partial charge in [0.15, 0.2) is 5.15 Å². The molecule has 1 heterocycles. The van der Waals surface area contributed by atoms with Crippen LogP contribution < -0.4 is 10.6 Å². The Morgan fingerprint density at radius 2 is 1.91 bits per heavy atom. The first-order chi connectivity index (χ1) is 11.2. The number of pyridine rings is 1. The number of anilines is 2. The molecule has 0 aliphatic rings. The van der Waals surface area contributed by atoms with Crippen LogP contribution in [0, 0.1) is 22.7 Å². The number of rotatable bonds is 4. The summed E-state index contributed by atoms with van der Waals surface area (Å²) in [5, 5.41) is 23.6. The zero-order valence-corrected chi connectivity index (χ0v) is 12.5. The number of hydrogen-bond acceptors (Lipinski definition) is 5. The molecule has 2 rings (SSSR count). The molecule has 0 spiro atoms. The van der Waals surface area contributed by atoms with Gasteiger partial charge in [-0.2, -0.15) is 10.5 Å². The minimum atomic E-state index is -0.636. The van der Waals surface area contributed by atoms with E-state index in [1.54, 1.807) is 42.5 Å². The molecule has 0 atom stereocenters. The molecule has 0 saturated heterocycles. The molecule has 6 nitrogen and oxygen atoms in total. The molecule has 1 aromatic carbocycles. The molecular weight excluding hydrogens is 314 g/mol. The van der Waals surface area contributed by atoms with Gasteiger partial charge in [-0.15, -0.1) is 0 Å². The van der Waals surface area contributed by atoms with E-state index in [0.717, 1.165) is 0 Å². The number of carbonyl (C=O) groups is 1. The predicted molar refractivity (Wildman–Crippen MR) is 86.4 cm³/mol. The van der Waals surface area contributed by atoms with Crippen LogP contribution in [0.2, 0.25) is 5.15 Å². The highest BCUT2D eigenvalue weighted by Gasteiger charge is 2.11. The van der Waals surface area contributed by atoms with Crippen LogP contribution in [0.25, 0.3) is 0 Å². The highest BCUT2D eigenvalue weighted by atomic mass is 35.5. The van der Waals surface area contributed by atoms with Crippen LogP contribution in [0.15, 0.2) is 54.4 Å². The summed E-state index contributed by atoms with van der Waals surface area (Å²) in [6.07, 6.45) is 2.75. The summed E-state index contributed by atoms with van der Waals surface area (Å²) >= 11 is 5.88. The number of amides is 1. The van der Waals surface area contributed by atoms with Gasteiger partial charge in [0.1, 0.15) is 17.7 Å². The first-order valence-electron chi connectivity index (χ1n) is 6.43. The maximum Gasteiger partial charge on any atom is 0.267 e. The Bertz CT molecular complexity index is 848. The number of nitrogens with zero attached hydrogens (tertiary/aromatic N) is 3. The van der Waals surface area contributed by atoms with Gasteiger partial charge in [0.05, 0.1) is 16.9 Å². The first-order valence-corrected chi connectivity index (χ1v) is 6.81. The van der Waals surface area contributed by atoms with E-state index in [9.17, 15) is 4.79 Å². The molecule has 7 heteroatoms. The molecular formula is C16H10ClN5O. The number of para-hydroxylation sites is 1. The zero-order chi connectivity index (χ0) is 16.7. The summed E-state index contributed by atoms with van der Waals surface area (Å²) < 4.78 is 0. The van der Waals surface area contributed by atoms with E-state index in [-0.39, 0.29) is 10.7 Å². The number of halogens is 1. The van der Waals surface area contributed by atoms with Gasteiger partial charge in [0.2, 0.25) is 0 Å². The zero-order valence-electron chi connectivity index (χ0n) is 11.7. The van der Waals surface area contributed by atoms with Crippen molar-refractivity contribution in [2.75, 3.05) is 10.6 Å². The Labute approximate surface area is 137 Å². The maximum absolute atomic E-state index is 12.1. The average Bonchev–Trinajstić information content (AvgIpc) is 2.57. The largest absolute Gasteiger partial charge is 0.358 e. The van der Waals surface area contributed by atoms with Crippen LogP contribution in [-0.4, -0.2) is 10.9 Å². The van der Waals surface area contributed by atoms with Crippen molar-refractivity contribution in [3.05, 3.63) is 65.1 Å². The van der Waals surface area contributed by atoms with Gasteiger partial charge in [0.25, 0.3) is 5.91 Å². The first kappa shape index (κ1) is 16.0. The third kappa shape index (κ3) is 4.07. The van der Waals surface area contributed by atoms with Gasteiger partial charge < -0.3 is 10.6 Å². The Morgan fingerprint density at radius 3 is 2.61 bits per heavy atom. The Kier molecular flexibility index (Phi) is 5.30. The number of benzene rings is 1. The summed E-state index contributed by atoms with van der Waals surface area (Å²) in [6.45, 7) is 0. The van der Waals surface area contributed by atoms with Crippen molar-refractivity contribution in [3.8, 4) is 12.1 Å². The van der Waals surface area contributed by atoms with Gasteiger partial charge >= 0.3 is 0 Å². The van der Waals surface area contributed by atoms with Crippen molar-refractivity contribution in [1.29, 1.82) is 10.5 Å². The van der Waals surface area contributed by atoms with Crippen molar-refractivity contribution >= 4 is 28.9 Å². The highest BCUT2D eigenvalue weighted by Crippen LogP contribution is 2.18. The maximum atomic E-state index is 12.1. The summed E-state index contributed by atoms with van der Waals surface area (Å²) in [5.74, 6) is -0.636. The number of nitriles is 2. The number of hydrogen-bond donors (Lipinski definition) is 2. The van der Waals surface area contributed by atoms with E-state index in [4.69, 9.17) is 22.1 Å². The van der Waals surface area contributed by atoms with Crippen LogP contribution in [0.1, 0.15) is 5.56 Å². The minimum absolute atomic E-state index is 0.169. The van der Waals surface area contributed by atoms with Crippen molar-refractivity contribution < 1.29 is 4.79 Å². The molecule has 0 aliphatic carbocycles.